The maximum atomic E-state index is 12.0. The predicted molar refractivity (Wildman–Crippen MR) is 114 cm³/mol. The zero-order valence-corrected chi connectivity index (χ0v) is 16.4. The van der Waals surface area contributed by atoms with E-state index in [1.807, 2.05) is 30.3 Å². The lowest BCUT2D eigenvalue weighted by molar-refractivity contribution is -0.149. The minimum absolute atomic E-state index is 0.352. The fourth-order valence-corrected chi connectivity index (χ4v) is 2.39. The molecule has 8 heteroatoms. The van der Waals surface area contributed by atoms with Crippen molar-refractivity contribution in [2.24, 2.45) is 10.2 Å². The maximum absolute atomic E-state index is 12.0. The normalized spacial score (nSPS) is 10.5. The summed E-state index contributed by atoms with van der Waals surface area (Å²) >= 11 is 0. The molecule has 0 saturated heterocycles. The molecule has 0 atom stereocenters. The molecule has 3 aromatic carbocycles. The van der Waals surface area contributed by atoms with Crippen molar-refractivity contribution in [3.05, 3.63) is 84.4 Å². The predicted octanol–water partition coefficient (Wildman–Crippen LogP) is 4.48. The number of nitrogens with zero attached hydrogens (tertiary/aromatic N) is 2. The number of esters is 1. The lowest BCUT2D eigenvalue weighted by Crippen LogP contribution is -2.23. The van der Waals surface area contributed by atoms with Crippen LogP contribution in [0.4, 0.5) is 17.1 Å². The fourth-order valence-electron chi connectivity index (χ4n) is 2.39. The lowest BCUT2D eigenvalue weighted by atomic mass is 10.2. The summed E-state index contributed by atoms with van der Waals surface area (Å²) in [5, 5.41) is 10.9. The highest BCUT2D eigenvalue weighted by Gasteiger charge is 2.09. The first-order chi connectivity index (χ1) is 15.1. The van der Waals surface area contributed by atoms with Gasteiger partial charge in [0.2, 0.25) is 0 Å². The summed E-state index contributed by atoms with van der Waals surface area (Å²) < 4.78 is 10.1. The van der Waals surface area contributed by atoms with E-state index in [0.717, 1.165) is 5.69 Å². The summed E-state index contributed by atoms with van der Waals surface area (Å²) in [6.07, 6.45) is 0.707. The molecule has 0 aliphatic carbocycles. The first kappa shape index (κ1) is 21.4. The number of anilines is 1. The molecule has 1 N–H and O–H groups in total. The fraction of sp³-hybridized carbons (Fsp3) is 0.0870. The molecule has 0 aromatic heterocycles. The Labute approximate surface area is 178 Å². The monoisotopic (exact) mass is 417 g/mol. The van der Waals surface area contributed by atoms with Crippen LogP contribution < -0.4 is 10.1 Å². The summed E-state index contributed by atoms with van der Waals surface area (Å²) in [5.74, 6) is -0.759. The van der Waals surface area contributed by atoms with Crippen LogP contribution in [0.5, 0.6) is 5.75 Å². The van der Waals surface area contributed by atoms with Crippen molar-refractivity contribution in [2.45, 2.75) is 0 Å². The topological polar surface area (TPSA) is 106 Å². The van der Waals surface area contributed by atoms with Crippen LogP contribution in [0.2, 0.25) is 0 Å². The third-order valence-corrected chi connectivity index (χ3v) is 3.93. The summed E-state index contributed by atoms with van der Waals surface area (Å²) in [6, 6.07) is 22.3. The molecule has 0 saturated carbocycles. The first-order valence-electron chi connectivity index (χ1n) is 9.33. The zero-order valence-electron chi connectivity index (χ0n) is 16.4. The Morgan fingerprint density at radius 1 is 0.806 bits per heavy atom. The number of carbonyl (C=O) groups is 3. The standard InChI is InChI=1S/C23H19N3O5/c27-14-17-6-12-21(13-7-17)30-16-23(29)31-15-22(28)24-18-8-10-20(11-9-18)26-25-19-4-2-1-3-5-19/h1-14H,15-16H2,(H,24,28). The van der Waals surface area contributed by atoms with Crippen molar-refractivity contribution in [3.63, 3.8) is 0 Å². The van der Waals surface area contributed by atoms with Gasteiger partial charge in [0, 0.05) is 11.3 Å². The van der Waals surface area contributed by atoms with E-state index in [1.165, 1.54) is 0 Å². The van der Waals surface area contributed by atoms with Crippen LogP contribution in [0, 0.1) is 0 Å². The second kappa shape index (κ2) is 11.0. The van der Waals surface area contributed by atoms with Crippen molar-refractivity contribution in [1.29, 1.82) is 0 Å². The Morgan fingerprint density at radius 3 is 2.10 bits per heavy atom. The molecule has 0 spiro atoms. The van der Waals surface area contributed by atoms with E-state index in [-0.39, 0.29) is 6.61 Å². The van der Waals surface area contributed by atoms with Gasteiger partial charge in [0.1, 0.15) is 12.0 Å². The Balaban J connectivity index is 1.40. The zero-order chi connectivity index (χ0) is 21.9. The molecular formula is C23H19N3O5. The molecule has 3 aromatic rings. The third-order valence-electron chi connectivity index (χ3n) is 3.93. The molecule has 0 heterocycles. The molecule has 0 aliphatic rings. The maximum Gasteiger partial charge on any atom is 0.344 e. The molecule has 1 amide bonds. The van der Waals surface area contributed by atoms with Crippen LogP contribution in [0.3, 0.4) is 0 Å². The van der Waals surface area contributed by atoms with Gasteiger partial charge >= 0.3 is 5.97 Å². The van der Waals surface area contributed by atoms with Gasteiger partial charge in [-0.25, -0.2) is 4.79 Å². The van der Waals surface area contributed by atoms with E-state index >= 15 is 0 Å². The van der Waals surface area contributed by atoms with Gasteiger partial charge in [-0.2, -0.15) is 10.2 Å². The molecule has 0 aliphatic heterocycles. The number of azo groups is 1. The van der Waals surface area contributed by atoms with Crippen LogP contribution in [0.1, 0.15) is 10.4 Å². The van der Waals surface area contributed by atoms with E-state index in [4.69, 9.17) is 9.47 Å². The summed E-state index contributed by atoms with van der Waals surface area (Å²) in [5.41, 5.74) is 2.40. The molecule has 31 heavy (non-hydrogen) atoms. The van der Waals surface area contributed by atoms with Gasteiger partial charge in [0.15, 0.2) is 13.2 Å². The Kier molecular flexibility index (Phi) is 7.59. The van der Waals surface area contributed by atoms with Crippen molar-refractivity contribution in [1.82, 2.24) is 0 Å². The Morgan fingerprint density at radius 2 is 1.45 bits per heavy atom. The van der Waals surface area contributed by atoms with Crippen LogP contribution >= 0.6 is 0 Å². The van der Waals surface area contributed by atoms with Gasteiger partial charge in [-0.1, -0.05) is 18.2 Å². The summed E-state index contributed by atoms with van der Waals surface area (Å²) in [7, 11) is 0. The second-order valence-electron chi connectivity index (χ2n) is 6.27. The van der Waals surface area contributed by atoms with Gasteiger partial charge in [-0.3, -0.25) is 9.59 Å². The second-order valence-corrected chi connectivity index (χ2v) is 6.27. The molecule has 0 fully saturated rings. The smallest absolute Gasteiger partial charge is 0.344 e. The lowest BCUT2D eigenvalue weighted by Gasteiger charge is -2.08. The average Bonchev–Trinajstić information content (AvgIpc) is 2.82. The van der Waals surface area contributed by atoms with E-state index in [1.54, 1.807) is 48.5 Å². The third kappa shape index (κ3) is 7.21. The molecule has 0 bridgehead atoms. The number of hydrogen-bond acceptors (Lipinski definition) is 7. The number of amides is 1. The number of ether oxygens (including phenoxy) is 2. The number of nitrogens with one attached hydrogen (secondary N) is 1. The van der Waals surface area contributed by atoms with E-state index < -0.39 is 18.5 Å². The van der Waals surface area contributed by atoms with Crippen LogP contribution in [0.25, 0.3) is 0 Å². The van der Waals surface area contributed by atoms with Crippen molar-refractivity contribution in [3.8, 4) is 5.75 Å². The molecule has 3 rings (SSSR count). The van der Waals surface area contributed by atoms with Gasteiger partial charge in [-0.05, 0) is 60.7 Å². The molecular weight excluding hydrogens is 398 g/mol. The van der Waals surface area contributed by atoms with Gasteiger partial charge in [0.05, 0.1) is 11.4 Å². The van der Waals surface area contributed by atoms with Crippen LogP contribution in [0.15, 0.2) is 89.1 Å². The van der Waals surface area contributed by atoms with Crippen LogP contribution in [-0.4, -0.2) is 31.4 Å². The van der Waals surface area contributed by atoms with Crippen molar-refractivity contribution >= 4 is 35.2 Å². The Bertz CT molecular complexity index is 1050. The number of rotatable bonds is 9. The largest absolute Gasteiger partial charge is 0.482 e. The van der Waals surface area contributed by atoms with Crippen LogP contribution in [-0.2, 0) is 14.3 Å². The summed E-state index contributed by atoms with van der Waals surface area (Å²) in [4.78, 5) is 34.3. The van der Waals surface area contributed by atoms with Crippen molar-refractivity contribution < 1.29 is 23.9 Å². The number of hydrogen-bond donors (Lipinski definition) is 1. The van der Waals surface area contributed by atoms with E-state index in [2.05, 4.69) is 15.5 Å². The minimum atomic E-state index is -0.689. The highest BCUT2D eigenvalue weighted by Crippen LogP contribution is 2.20. The summed E-state index contributed by atoms with van der Waals surface area (Å²) in [6.45, 7) is -0.795. The molecule has 0 unspecified atom stereocenters. The van der Waals surface area contributed by atoms with Gasteiger partial charge in [-0.15, -0.1) is 0 Å². The number of benzene rings is 3. The minimum Gasteiger partial charge on any atom is -0.482 e. The van der Waals surface area contributed by atoms with Gasteiger partial charge < -0.3 is 14.8 Å². The number of carbonyl (C=O) groups excluding carboxylic acids is 3. The number of aldehydes is 1. The van der Waals surface area contributed by atoms with E-state index in [0.29, 0.717) is 29.0 Å². The molecule has 156 valence electrons. The van der Waals surface area contributed by atoms with Crippen molar-refractivity contribution in [2.75, 3.05) is 18.5 Å². The van der Waals surface area contributed by atoms with Gasteiger partial charge in [0.25, 0.3) is 5.91 Å². The molecule has 8 nitrogen and oxygen atoms in total. The molecule has 0 radical (unpaired) electrons. The SMILES string of the molecule is O=Cc1ccc(OCC(=O)OCC(=O)Nc2ccc(N=Nc3ccccc3)cc2)cc1. The first-order valence-corrected chi connectivity index (χ1v) is 9.33. The average molecular weight is 417 g/mol. The quantitative estimate of drug-likeness (QED) is 0.314. The van der Waals surface area contributed by atoms with E-state index in [9.17, 15) is 14.4 Å². The highest BCUT2D eigenvalue weighted by atomic mass is 16.6. The highest BCUT2D eigenvalue weighted by molar-refractivity contribution is 5.93. The Hall–Kier alpha value is -4.33.